The molecule has 0 radical (unpaired) electrons. The number of likely N-dealkylation sites (tertiary alicyclic amines) is 2. The van der Waals surface area contributed by atoms with Crippen molar-refractivity contribution in [3.05, 3.63) is 28.8 Å². The molecule has 0 saturated carbocycles. The number of hydrogen-bond donors (Lipinski definition) is 0. The molecule has 4 aliphatic heterocycles. The Morgan fingerprint density at radius 3 is 2.62 bits per heavy atom. The average Bonchev–Trinajstić information content (AvgIpc) is 3.03. The minimum absolute atomic E-state index is 0.0925. The van der Waals surface area contributed by atoms with Gasteiger partial charge in [-0.1, -0.05) is 25.4 Å². The van der Waals surface area contributed by atoms with Gasteiger partial charge in [-0.2, -0.15) is 4.31 Å². The molecular weight excluding hydrogens is 474 g/mol. The van der Waals surface area contributed by atoms with Crippen molar-refractivity contribution in [2.24, 2.45) is 11.8 Å². The Bertz CT molecular complexity index is 1020. The third-order valence-corrected chi connectivity index (χ3v) is 10.3. The quantitative estimate of drug-likeness (QED) is 0.599. The molecule has 1 aromatic carbocycles. The Kier molecular flexibility index (Phi) is 6.88. The summed E-state index contributed by atoms with van der Waals surface area (Å²) in [7, 11) is -3.62. The third kappa shape index (κ3) is 4.59. The SMILES string of the molecule is CC1CC(C)CN(C2CCCN(C(=O)OC[C@H]3CCC[C@H]4c5cc(Cl)ccc5S(=O)(=O)N34)C2)C1. The van der Waals surface area contributed by atoms with Crippen LogP contribution >= 0.6 is 11.6 Å². The zero-order valence-electron chi connectivity index (χ0n) is 20.2. The summed E-state index contributed by atoms with van der Waals surface area (Å²) >= 11 is 6.16. The first kappa shape index (κ1) is 24.3. The highest BCUT2D eigenvalue weighted by Crippen LogP contribution is 2.47. The number of piperidine rings is 3. The van der Waals surface area contributed by atoms with Crippen LogP contribution in [0.3, 0.4) is 0 Å². The molecule has 188 valence electrons. The lowest BCUT2D eigenvalue weighted by Gasteiger charge is -2.44. The fraction of sp³-hybridized carbons (Fsp3) is 0.720. The maximum Gasteiger partial charge on any atom is 0.409 e. The summed E-state index contributed by atoms with van der Waals surface area (Å²) in [5, 5.41) is 0.543. The topological polar surface area (TPSA) is 70.2 Å². The minimum atomic E-state index is -3.62. The molecule has 3 saturated heterocycles. The summed E-state index contributed by atoms with van der Waals surface area (Å²) in [6.07, 6.45) is 5.38. The van der Waals surface area contributed by atoms with E-state index in [0.29, 0.717) is 47.3 Å². The summed E-state index contributed by atoms with van der Waals surface area (Å²) in [4.78, 5) is 17.7. The molecule has 0 aliphatic carbocycles. The number of ether oxygens (including phenoxy) is 1. The number of amides is 1. The van der Waals surface area contributed by atoms with Crippen molar-refractivity contribution in [3.63, 3.8) is 0 Å². The number of carbonyl (C=O) groups excluding carboxylic acids is 1. The highest BCUT2D eigenvalue weighted by Gasteiger charge is 2.48. The number of rotatable bonds is 3. The first-order valence-electron chi connectivity index (χ1n) is 12.7. The van der Waals surface area contributed by atoms with E-state index in [1.54, 1.807) is 22.5 Å². The monoisotopic (exact) mass is 509 g/mol. The van der Waals surface area contributed by atoms with E-state index in [9.17, 15) is 13.2 Å². The Hall–Kier alpha value is -1.35. The first-order valence-corrected chi connectivity index (χ1v) is 14.5. The van der Waals surface area contributed by atoms with E-state index in [1.165, 1.54) is 6.42 Å². The Balaban J connectivity index is 1.22. The van der Waals surface area contributed by atoms with Gasteiger partial charge in [0.15, 0.2) is 0 Å². The number of sulfonamides is 1. The summed E-state index contributed by atoms with van der Waals surface area (Å²) in [6.45, 7) is 8.30. The van der Waals surface area contributed by atoms with Gasteiger partial charge in [0.05, 0.1) is 17.0 Å². The minimum Gasteiger partial charge on any atom is -0.448 e. The zero-order chi connectivity index (χ0) is 24.0. The summed E-state index contributed by atoms with van der Waals surface area (Å²) in [6, 6.07) is 4.81. The van der Waals surface area contributed by atoms with Crippen molar-refractivity contribution < 1.29 is 17.9 Å². The highest BCUT2D eigenvalue weighted by molar-refractivity contribution is 7.89. The number of fused-ring (bicyclic) bond motifs is 3. The van der Waals surface area contributed by atoms with Crippen molar-refractivity contribution in [3.8, 4) is 0 Å². The van der Waals surface area contributed by atoms with Crippen LogP contribution in [0.1, 0.15) is 64.0 Å². The van der Waals surface area contributed by atoms with Crippen LogP contribution in [-0.4, -0.2) is 73.5 Å². The lowest BCUT2D eigenvalue weighted by molar-refractivity contribution is 0.0282. The van der Waals surface area contributed by atoms with Gasteiger partial charge in [0.2, 0.25) is 10.0 Å². The molecule has 4 aliphatic rings. The molecule has 7 nitrogen and oxygen atoms in total. The summed E-state index contributed by atoms with van der Waals surface area (Å²) in [5.74, 6) is 1.37. The second-order valence-corrected chi connectivity index (χ2v) is 13.1. The molecule has 0 aromatic heterocycles. The maximum absolute atomic E-state index is 13.3. The van der Waals surface area contributed by atoms with Gasteiger partial charge in [-0.05, 0) is 74.1 Å². The zero-order valence-corrected chi connectivity index (χ0v) is 21.7. The number of carbonyl (C=O) groups is 1. The standard InChI is InChI=1S/C25H36ClN3O4S/c1-17-11-18(2)14-28(13-17)20-6-4-10-27(15-20)25(30)33-16-21-5-3-7-23-22-12-19(26)8-9-24(22)34(31,32)29(21)23/h8-9,12,17-18,20-21,23H,3-7,10-11,13-16H2,1-2H3/t17?,18?,20?,21-,23+/m1/s1. The molecule has 5 atom stereocenters. The van der Waals surface area contributed by atoms with Gasteiger partial charge in [-0.25, -0.2) is 13.2 Å². The van der Waals surface area contributed by atoms with Crippen molar-refractivity contribution in [2.75, 3.05) is 32.8 Å². The molecule has 1 aromatic rings. The van der Waals surface area contributed by atoms with Crippen LogP contribution in [0.4, 0.5) is 4.79 Å². The Labute approximate surface area is 208 Å². The van der Waals surface area contributed by atoms with Crippen molar-refractivity contribution >= 4 is 27.7 Å². The summed E-state index contributed by atoms with van der Waals surface area (Å²) in [5.41, 5.74) is 0.771. The van der Waals surface area contributed by atoms with Crippen LogP contribution in [0.5, 0.6) is 0 Å². The van der Waals surface area contributed by atoms with E-state index < -0.39 is 10.0 Å². The fourth-order valence-corrected chi connectivity index (χ4v) is 8.94. The highest BCUT2D eigenvalue weighted by atomic mass is 35.5. The molecular formula is C25H36ClN3O4S. The van der Waals surface area contributed by atoms with Crippen LogP contribution in [0.25, 0.3) is 0 Å². The third-order valence-electron chi connectivity index (χ3n) is 8.04. The molecule has 1 amide bonds. The van der Waals surface area contributed by atoms with Crippen molar-refractivity contribution in [2.45, 2.75) is 75.4 Å². The molecule has 0 bridgehead atoms. The average molecular weight is 510 g/mol. The predicted octanol–water partition coefficient (Wildman–Crippen LogP) is 4.52. The predicted molar refractivity (Wildman–Crippen MR) is 131 cm³/mol. The molecule has 5 rings (SSSR count). The van der Waals surface area contributed by atoms with Gasteiger partial charge >= 0.3 is 6.09 Å². The number of nitrogens with zero attached hydrogens (tertiary/aromatic N) is 3. The van der Waals surface area contributed by atoms with Gasteiger partial charge in [0.1, 0.15) is 6.61 Å². The van der Waals surface area contributed by atoms with E-state index in [4.69, 9.17) is 16.3 Å². The van der Waals surface area contributed by atoms with E-state index >= 15 is 0 Å². The van der Waals surface area contributed by atoms with Gasteiger partial charge < -0.3 is 9.64 Å². The van der Waals surface area contributed by atoms with Gasteiger partial charge in [0, 0.05) is 37.2 Å². The van der Waals surface area contributed by atoms with Gasteiger partial charge in [0.25, 0.3) is 0 Å². The number of halogens is 1. The largest absolute Gasteiger partial charge is 0.448 e. The van der Waals surface area contributed by atoms with E-state index in [2.05, 4.69) is 18.7 Å². The van der Waals surface area contributed by atoms with E-state index in [0.717, 1.165) is 44.3 Å². The fourth-order valence-electron chi connectivity index (χ4n) is 6.68. The maximum atomic E-state index is 13.3. The van der Waals surface area contributed by atoms with Crippen molar-refractivity contribution in [1.82, 2.24) is 14.1 Å². The molecule has 34 heavy (non-hydrogen) atoms. The lowest BCUT2D eigenvalue weighted by Crippen LogP contribution is -2.54. The second kappa shape index (κ2) is 9.60. The van der Waals surface area contributed by atoms with E-state index in [-0.39, 0.29) is 24.8 Å². The van der Waals surface area contributed by atoms with Crippen molar-refractivity contribution in [1.29, 1.82) is 0 Å². The molecule has 3 unspecified atom stereocenters. The number of benzene rings is 1. The van der Waals surface area contributed by atoms with Crippen LogP contribution in [0, 0.1) is 11.8 Å². The molecule has 0 spiro atoms. The number of hydrogen-bond acceptors (Lipinski definition) is 5. The molecule has 9 heteroatoms. The molecule has 3 fully saturated rings. The Morgan fingerprint density at radius 1 is 1.09 bits per heavy atom. The van der Waals surface area contributed by atoms with Crippen LogP contribution in [0.2, 0.25) is 5.02 Å². The van der Waals surface area contributed by atoms with Crippen LogP contribution in [-0.2, 0) is 14.8 Å². The van der Waals surface area contributed by atoms with Gasteiger partial charge in [-0.15, -0.1) is 0 Å². The van der Waals surface area contributed by atoms with Gasteiger partial charge in [-0.3, -0.25) is 4.90 Å². The molecule has 4 heterocycles. The summed E-state index contributed by atoms with van der Waals surface area (Å²) < 4.78 is 33.9. The second-order valence-electron chi connectivity index (χ2n) is 10.8. The normalized spacial score (nSPS) is 33.9. The van der Waals surface area contributed by atoms with Crippen LogP contribution in [0.15, 0.2) is 23.1 Å². The molecule has 0 N–H and O–H groups in total. The smallest absolute Gasteiger partial charge is 0.409 e. The first-order chi connectivity index (χ1) is 16.2. The van der Waals surface area contributed by atoms with Crippen LogP contribution < -0.4 is 0 Å². The lowest BCUT2D eigenvalue weighted by atomic mass is 9.89. The van der Waals surface area contributed by atoms with E-state index in [1.807, 2.05) is 4.90 Å². The Morgan fingerprint density at radius 2 is 1.85 bits per heavy atom.